The molecular formula is C19H21F3N8O. The van der Waals surface area contributed by atoms with Gasteiger partial charge < -0.3 is 10.2 Å². The van der Waals surface area contributed by atoms with E-state index in [2.05, 4.69) is 30.8 Å². The molecule has 4 rings (SSSR count). The third-order valence-corrected chi connectivity index (χ3v) is 5.34. The molecule has 1 aliphatic rings. The summed E-state index contributed by atoms with van der Waals surface area (Å²) in [5.74, 6) is 0.443. The molecule has 1 saturated heterocycles. The van der Waals surface area contributed by atoms with Crippen LogP contribution in [0.2, 0.25) is 0 Å². The van der Waals surface area contributed by atoms with Crippen molar-refractivity contribution in [1.82, 2.24) is 35.1 Å². The number of likely N-dealkylation sites (tertiary alicyclic amines) is 1. The molecule has 9 nitrogen and oxygen atoms in total. The molecule has 3 aromatic rings. The SMILES string of the molecule is Cn1nnnc1-c1ccc2cnc(NC(=O)C3CCN(CCC(F)(F)F)CC3)cc2n1. The van der Waals surface area contributed by atoms with Gasteiger partial charge in [0.25, 0.3) is 0 Å². The van der Waals surface area contributed by atoms with E-state index < -0.39 is 12.6 Å². The van der Waals surface area contributed by atoms with Crippen LogP contribution in [-0.2, 0) is 11.8 Å². The molecule has 0 aromatic carbocycles. The van der Waals surface area contributed by atoms with Crippen LogP contribution < -0.4 is 5.32 Å². The predicted octanol–water partition coefficient (Wildman–Crippen LogP) is 2.42. The number of hydrogen-bond acceptors (Lipinski definition) is 7. The number of tetrazole rings is 1. The number of amides is 1. The lowest BCUT2D eigenvalue weighted by Gasteiger charge is -2.31. The molecule has 1 fully saturated rings. The molecule has 164 valence electrons. The van der Waals surface area contributed by atoms with E-state index in [-0.39, 0.29) is 18.4 Å². The molecule has 0 radical (unpaired) electrons. The summed E-state index contributed by atoms with van der Waals surface area (Å²) in [5.41, 5.74) is 1.22. The number of carbonyl (C=O) groups excluding carboxylic acids is 1. The number of rotatable bonds is 5. The van der Waals surface area contributed by atoms with Gasteiger partial charge in [0.2, 0.25) is 5.91 Å². The number of halogens is 3. The van der Waals surface area contributed by atoms with E-state index >= 15 is 0 Å². The Balaban J connectivity index is 1.39. The lowest BCUT2D eigenvalue weighted by Crippen LogP contribution is -2.39. The van der Waals surface area contributed by atoms with Crippen molar-refractivity contribution in [2.24, 2.45) is 13.0 Å². The number of piperidine rings is 1. The minimum atomic E-state index is -4.16. The number of anilines is 1. The van der Waals surface area contributed by atoms with E-state index in [1.165, 1.54) is 4.68 Å². The monoisotopic (exact) mass is 434 g/mol. The molecule has 1 N–H and O–H groups in total. The fraction of sp³-hybridized carbons (Fsp3) is 0.474. The molecule has 1 amide bonds. The van der Waals surface area contributed by atoms with Crippen LogP contribution in [0.5, 0.6) is 0 Å². The van der Waals surface area contributed by atoms with Crippen LogP contribution in [0.25, 0.3) is 22.4 Å². The Morgan fingerprint density at radius 2 is 2.03 bits per heavy atom. The van der Waals surface area contributed by atoms with Gasteiger partial charge in [-0.15, -0.1) is 5.10 Å². The summed E-state index contributed by atoms with van der Waals surface area (Å²) < 4.78 is 38.7. The smallest absolute Gasteiger partial charge is 0.310 e. The topological polar surface area (TPSA) is 102 Å². The quantitative estimate of drug-likeness (QED) is 0.658. The number of nitrogens with one attached hydrogen (secondary N) is 1. The van der Waals surface area contributed by atoms with Gasteiger partial charge in [0.1, 0.15) is 11.5 Å². The summed E-state index contributed by atoms with van der Waals surface area (Å²) >= 11 is 0. The standard InChI is InChI=1S/C19H21F3N8O/c1-29-17(26-27-28-29)14-3-2-13-11-23-16(10-15(13)24-14)25-18(31)12-4-7-30(8-5-12)9-6-19(20,21)22/h2-3,10-12H,4-9H2,1H3,(H,23,25,31). The van der Waals surface area contributed by atoms with Gasteiger partial charge in [-0.05, 0) is 48.5 Å². The summed E-state index contributed by atoms with van der Waals surface area (Å²) in [7, 11) is 1.72. The van der Waals surface area contributed by atoms with Crippen molar-refractivity contribution in [2.75, 3.05) is 25.0 Å². The van der Waals surface area contributed by atoms with E-state index in [4.69, 9.17) is 0 Å². The van der Waals surface area contributed by atoms with Crippen molar-refractivity contribution in [1.29, 1.82) is 0 Å². The first-order valence-electron chi connectivity index (χ1n) is 9.88. The highest BCUT2D eigenvalue weighted by Crippen LogP contribution is 2.24. The molecule has 0 atom stereocenters. The van der Waals surface area contributed by atoms with Crippen molar-refractivity contribution < 1.29 is 18.0 Å². The zero-order valence-corrected chi connectivity index (χ0v) is 16.8. The van der Waals surface area contributed by atoms with E-state index in [1.807, 2.05) is 6.07 Å². The summed E-state index contributed by atoms with van der Waals surface area (Å²) in [4.78, 5) is 23.2. The first-order valence-corrected chi connectivity index (χ1v) is 9.88. The number of alkyl halides is 3. The van der Waals surface area contributed by atoms with Crippen molar-refractivity contribution in [3.8, 4) is 11.5 Å². The number of pyridine rings is 2. The molecular weight excluding hydrogens is 413 g/mol. The second-order valence-corrected chi connectivity index (χ2v) is 7.56. The van der Waals surface area contributed by atoms with Crippen molar-refractivity contribution in [3.63, 3.8) is 0 Å². The van der Waals surface area contributed by atoms with Crippen LogP contribution in [0.15, 0.2) is 24.4 Å². The van der Waals surface area contributed by atoms with E-state index in [0.29, 0.717) is 48.8 Å². The third-order valence-electron chi connectivity index (χ3n) is 5.34. The molecule has 0 unspecified atom stereocenters. The highest BCUT2D eigenvalue weighted by Gasteiger charge is 2.30. The van der Waals surface area contributed by atoms with Gasteiger partial charge in [0.15, 0.2) is 5.82 Å². The van der Waals surface area contributed by atoms with Crippen LogP contribution in [0.4, 0.5) is 19.0 Å². The van der Waals surface area contributed by atoms with Crippen LogP contribution in [0, 0.1) is 5.92 Å². The largest absolute Gasteiger partial charge is 0.390 e. The van der Waals surface area contributed by atoms with Crippen LogP contribution in [0.1, 0.15) is 19.3 Å². The van der Waals surface area contributed by atoms with Gasteiger partial charge in [-0.25, -0.2) is 14.6 Å². The van der Waals surface area contributed by atoms with Gasteiger partial charge in [0.05, 0.1) is 11.9 Å². The third kappa shape index (κ3) is 5.13. The number of nitrogens with zero attached hydrogens (tertiary/aromatic N) is 7. The van der Waals surface area contributed by atoms with Crippen molar-refractivity contribution >= 4 is 22.6 Å². The Morgan fingerprint density at radius 3 is 2.71 bits per heavy atom. The first-order chi connectivity index (χ1) is 14.8. The van der Waals surface area contributed by atoms with Crippen LogP contribution in [0.3, 0.4) is 0 Å². The summed E-state index contributed by atoms with van der Waals surface area (Å²) in [5, 5.41) is 15.0. The average molecular weight is 434 g/mol. The Labute approximate surface area is 175 Å². The first kappa shape index (κ1) is 21.1. The lowest BCUT2D eigenvalue weighted by atomic mass is 9.96. The molecule has 4 heterocycles. The van der Waals surface area contributed by atoms with E-state index in [0.717, 1.165) is 5.39 Å². The van der Waals surface area contributed by atoms with Crippen LogP contribution >= 0.6 is 0 Å². The van der Waals surface area contributed by atoms with E-state index in [9.17, 15) is 18.0 Å². The number of fused-ring (bicyclic) bond motifs is 1. The second-order valence-electron chi connectivity index (χ2n) is 7.56. The maximum atomic E-state index is 12.6. The van der Waals surface area contributed by atoms with Gasteiger partial charge >= 0.3 is 6.18 Å². The highest BCUT2D eigenvalue weighted by atomic mass is 19.4. The normalized spacial score (nSPS) is 16.0. The van der Waals surface area contributed by atoms with Crippen molar-refractivity contribution in [2.45, 2.75) is 25.4 Å². The maximum absolute atomic E-state index is 12.6. The lowest BCUT2D eigenvalue weighted by molar-refractivity contribution is -0.139. The molecule has 0 saturated carbocycles. The molecule has 0 bridgehead atoms. The number of hydrogen-bond donors (Lipinski definition) is 1. The van der Waals surface area contributed by atoms with Gasteiger partial charge in [-0.1, -0.05) is 0 Å². The maximum Gasteiger partial charge on any atom is 0.390 e. The van der Waals surface area contributed by atoms with Gasteiger partial charge in [-0.2, -0.15) is 13.2 Å². The Kier molecular flexibility index (Phi) is 5.81. The van der Waals surface area contributed by atoms with Crippen molar-refractivity contribution in [3.05, 3.63) is 24.4 Å². The molecule has 0 spiro atoms. The Morgan fingerprint density at radius 1 is 1.26 bits per heavy atom. The highest BCUT2D eigenvalue weighted by molar-refractivity contribution is 5.93. The van der Waals surface area contributed by atoms with Gasteiger partial charge in [0, 0.05) is 37.2 Å². The Hall–Kier alpha value is -3.15. The molecule has 3 aromatic heterocycles. The fourth-order valence-corrected chi connectivity index (χ4v) is 3.59. The number of carbonyl (C=O) groups is 1. The summed E-state index contributed by atoms with van der Waals surface area (Å²) in [6, 6.07) is 5.32. The average Bonchev–Trinajstić information content (AvgIpc) is 3.17. The molecule has 12 heteroatoms. The van der Waals surface area contributed by atoms with Crippen LogP contribution in [-0.4, -0.2) is 66.8 Å². The minimum absolute atomic E-state index is 0.0287. The fourth-order valence-electron chi connectivity index (χ4n) is 3.59. The van der Waals surface area contributed by atoms with E-state index in [1.54, 1.807) is 30.3 Å². The summed E-state index contributed by atoms with van der Waals surface area (Å²) in [6.45, 7) is 0.908. The minimum Gasteiger partial charge on any atom is -0.310 e. The molecule has 1 aliphatic heterocycles. The number of aromatic nitrogens is 6. The Bertz CT molecular complexity index is 1080. The number of aryl methyl sites for hydroxylation is 1. The predicted molar refractivity (Wildman–Crippen MR) is 106 cm³/mol. The molecule has 31 heavy (non-hydrogen) atoms. The zero-order chi connectivity index (χ0) is 22.0. The molecule has 0 aliphatic carbocycles. The zero-order valence-electron chi connectivity index (χ0n) is 16.8. The summed E-state index contributed by atoms with van der Waals surface area (Å²) in [6.07, 6.45) is -2.34. The van der Waals surface area contributed by atoms with Gasteiger partial charge in [-0.3, -0.25) is 4.79 Å². The second kappa shape index (κ2) is 8.53.